The maximum Gasteiger partial charge on any atom is 0.359 e. The van der Waals surface area contributed by atoms with E-state index in [4.69, 9.17) is 14.8 Å². The Morgan fingerprint density at radius 1 is 1.19 bits per heavy atom. The molecule has 0 radical (unpaired) electrons. The van der Waals surface area contributed by atoms with Crippen LogP contribution in [0.1, 0.15) is 73.1 Å². The van der Waals surface area contributed by atoms with Crippen molar-refractivity contribution in [1.82, 2.24) is 24.6 Å². The predicted molar refractivity (Wildman–Crippen MR) is 118 cm³/mol. The summed E-state index contributed by atoms with van der Waals surface area (Å²) < 4.78 is 7.43. The molecule has 0 amide bonds. The molecule has 1 saturated heterocycles. The fourth-order valence-electron chi connectivity index (χ4n) is 5.20. The average Bonchev–Trinajstić information content (AvgIpc) is 3.42. The number of hydrogen-bond acceptors (Lipinski definition) is 7. The number of carbonyl (C=O) groups is 1. The molecule has 2 aromatic rings. The second-order valence-electron chi connectivity index (χ2n) is 9.07. The van der Waals surface area contributed by atoms with Crippen LogP contribution in [0.2, 0.25) is 0 Å². The minimum absolute atomic E-state index is 0.264. The number of rotatable bonds is 5. The number of anilines is 1. The van der Waals surface area contributed by atoms with E-state index in [1.807, 2.05) is 13.1 Å². The van der Waals surface area contributed by atoms with Crippen LogP contribution in [0.25, 0.3) is 11.4 Å². The molecule has 0 spiro atoms. The molecule has 3 aliphatic rings. The van der Waals surface area contributed by atoms with Gasteiger partial charge in [-0.25, -0.2) is 14.8 Å². The van der Waals surface area contributed by atoms with Crippen LogP contribution in [0.5, 0.6) is 0 Å². The van der Waals surface area contributed by atoms with Gasteiger partial charge in [0.15, 0.2) is 5.69 Å². The van der Waals surface area contributed by atoms with Crippen molar-refractivity contribution in [3.05, 3.63) is 23.0 Å². The highest BCUT2D eigenvalue weighted by molar-refractivity contribution is 5.91. The summed E-state index contributed by atoms with van der Waals surface area (Å²) in [5.74, 6) is 0.361. The molecular formula is C23H32N6O2. The number of fused-ring (bicyclic) bond motifs is 3. The molecular weight excluding hydrogens is 392 g/mol. The summed E-state index contributed by atoms with van der Waals surface area (Å²) in [6.45, 7) is 4.24. The van der Waals surface area contributed by atoms with Gasteiger partial charge >= 0.3 is 5.97 Å². The van der Waals surface area contributed by atoms with Crippen LogP contribution in [-0.2, 0) is 17.6 Å². The molecule has 166 valence electrons. The van der Waals surface area contributed by atoms with Crippen LogP contribution in [0.4, 0.5) is 5.95 Å². The highest BCUT2D eigenvalue weighted by Crippen LogP contribution is 2.38. The Balaban J connectivity index is 1.56. The zero-order chi connectivity index (χ0) is 21.4. The average molecular weight is 425 g/mol. The Morgan fingerprint density at radius 3 is 2.71 bits per heavy atom. The van der Waals surface area contributed by atoms with E-state index < -0.39 is 0 Å². The van der Waals surface area contributed by atoms with Crippen molar-refractivity contribution in [3.63, 3.8) is 0 Å². The van der Waals surface area contributed by atoms with Gasteiger partial charge in [-0.05, 0) is 71.1 Å². The van der Waals surface area contributed by atoms with Gasteiger partial charge < -0.3 is 15.0 Å². The number of ether oxygens (including phenoxy) is 1. The van der Waals surface area contributed by atoms with Crippen molar-refractivity contribution < 1.29 is 9.53 Å². The third kappa shape index (κ3) is 3.93. The fraction of sp³-hybridized carbons (Fsp3) is 0.652. The molecule has 0 unspecified atom stereocenters. The lowest BCUT2D eigenvalue weighted by molar-refractivity contribution is 0.0516. The highest BCUT2D eigenvalue weighted by atomic mass is 16.5. The molecule has 8 heteroatoms. The first-order valence-electron chi connectivity index (χ1n) is 11.7. The van der Waals surface area contributed by atoms with Crippen molar-refractivity contribution >= 4 is 11.9 Å². The van der Waals surface area contributed by atoms with Crippen LogP contribution in [-0.4, -0.2) is 63.4 Å². The van der Waals surface area contributed by atoms with E-state index in [-0.39, 0.29) is 12.0 Å². The van der Waals surface area contributed by atoms with Gasteiger partial charge in [-0.2, -0.15) is 5.10 Å². The van der Waals surface area contributed by atoms with Gasteiger partial charge in [0.05, 0.1) is 24.0 Å². The Morgan fingerprint density at radius 2 is 1.97 bits per heavy atom. The van der Waals surface area contributed by atoms with Crippen molar-refractivity contribution in [2.24, 2.45) is 0 Å². The molecule has 0 bridgehead atoms. The Labute approximate surface area is 183 Å². The largest absolute Gasteiger partial charge is 0.461 e. The third-order valence-corrected chi connectivity index (χ3v) is 6.93. The summed E-state index contributed by atoms with van der Waals surface area (Å²) in [6.07, 6.45) is 10.4. The van der Waals surface area contributed by atoms with E-state index in [0.717, 1.165) is 61.3 Å². The van der Waals surface area contributed by atoms with Gasteiger partial charge in [0.25, 0.3) is 0 Å². The summed E-state index contributed by atoms with van der Waals surface area (Å²) in [5.41, 5.74) is 4.50. The third-order valence-electron chi connectivity index (χ3n) is 6.93. The summed E-state index contributed by atoms with van der Waals surface area (Å²) in [6, 6.07) is 0.718. The van der Waals surface area contributed by atoms with Crippen LogP contribution in [0.15, 0.2) is 6.20 Å². The number of aryl methyl sites for hydroxylation is 1. The molecule has 31 heavy (non-hydrogen) atoms. The van der Waals surface area contributed by atoms with Crippen LogP contribution >= 0.6 is 0 Å². The van der Waals surface area contributed by atoms with Gasteiger partial charge in [0.1, 0.15) is 0 Å². The maximum absolute atomic E-state index is 12.7. The quantitative estimate of drug-likeness (QED) is 0.738. The molecule has 1 saturated carbocycles. The fourth-order valence-corrected chi connectivity index (χ4v) is 5.20. The lowest BCUT2D eigenvalue weighted by Gasteiger charge is -2.30. The van der Waals surface area contributed by atoms with Gasteiger partial charge in [-0.1, -0.05) is 12.8 Å². The first kappa shape index (κ1) is 20.4. The number of nitrogens with zero attached hydrogens (tertiary/aromatic N) is 5. The van der Waals surface area contributed by atoms with Crippen molar-refractivity contribution in [2.45, 2.75) is 70.4 Å². The molecule has 0 atom stereocenters. The molecule has 2 aliphatic carbocycles. The van der Waals surface area contributed by atoms with Crippen molar-refractivity contribution in [2.75, 3.05) is 32.1 Å². The first-order valence-corrected chi connectivity index (χ1v) is 11.7. The van der Waals surface area contributed by atoms with E-state index in [1.54, 1.807) is 0 Å². The zero-order valence-corrected chi connectivity index (χ0v) is 18.6. The SMILES string of the molecule is CCOC(=O)c1nn(C2CCN(C)CC2)c2c1CCc1cnc(NC3CCCC3)nc1-2. The summed E-state index contributed by atoms with van der Waals surface area (Å²) in [5, 5.41) is 8.36. The standard InChI is InChI=1S/C23H32N6O2/c1-3-31-22(30)20-18-9-8-15-14-24-23(25-16-6-4-5-7-16)26-19(15)21(18)29(27-20)17-10-12-28(2)13-11-17/h14,16-17H,3-13H2,1-2H3,(H,24,25,26). The van der Waals surface area contributed by atoms with E-state index >= 15 is 0 Å². The number of aromatic nitrogens is 4. The first-order chi connectivity index (χ1) is 15.1. The molecule has 0 aromatic carbocycles. The van der Waals surface area contributed by atoms with Crippen LogP contribution in [0.3, 0.4) is 0 Å². The minimum Gasteiger partial charge on any atom is -0.461 e. The minimum atomic E-state index is -0.327. The molecule has 3 heterocycles. The summed E-state index contributed by atoms with van der Waals surface area (Å²) in [7, 11) is 2.16. The second-order valence-corrected chi connectivity index (χ2v) is 9.07. The maximum atomic E-state index is 12.7. The van der Waals surface area contributed by atoms with E-state index in [9.17, 15) is 4.79 Å². The molecule has 2 aromatic heterocycles. The van der Waals surface area contributed by atoms with Crippen molar-refractivity contribution in [3.8, 4) is 11.4 Å². The Kier molecular flexibility index (Phi) is 5.65. The number of likely N-dealkylation sites (tertiary alicyclic amines) is 1. The van der Waals surface area contributed by atoms with E-state index in [2.05, 4.69) is 26.9 Å². The molecule has 8 nitrogen and oxygen atoms in total. The lowest BCUT2D eigenvalue weighted by Crippen LogP contribution is -2.32. The highest BCUT2D eigenvalue weighted by Gasteiger charge is 2.33. The molecule has 1 aliphatic heterocycles. The van der Waals surface area contributed by atoms with Gasteiger partial charge in [-0.15, -0.1) is 0 Å². The van der Waals surface area contributed by atoms with E-state index in [0.29, 0.717) is 24.3 Å². The zero-order valence-electron chi connectivity index (χ0n) is 18.6. The second kappa shape index (κ2) is 8.57. The molecule has 5 rings (SSSR count). The number of carbonyl (C=O) groups excluding carboxylic acids is 1. The van der Waals surface area contributed by atoms with E-state index in [1.165, 1.54) is 25.7 Å². The van der Waals surface area contributed by atoms with Crippen LogP contribution < -0.4 is 5.32 Å². The normalized spacial score (nSPS) is 19.8. The number of hydrogen-bond donors (Lipinski definition) is 1. The van der Waals surface area contributed by atoms with Gasteiger partial charge in [-0.3, -0.25) is 4.68 Å². The predicted octanol–water partition coefficient (Wildman–Crippen LogP) is 3.24. The molecule has 2 fully saturated rings. The summed E-state index contributed by atoms with van der Waals surface area (Å²) >= 11 is 0. The summed E-state index contributed by atoms with van der Waals surface area (Å²) in [4.78, 5) is 24.6. The number of esters is 1. The Hall–Kier alpha value is -2.48. The molecule has 1 N–H and O–H groups in total. The topological polar surface area (TPSA) is 85.2 Å². The lowest BCUT2D eigenvalue weighted by atomic mass is 9.92. The van der Waals surface area contributed by atoms with Gasteiger partial charge in [0, 0.05) is 17.8 Å². The van der Waals surface area contributed by atoms with Gasteiger partial charge in [0.2, 0.25) is 5.95 Å². The smallest absolute Gasteiger partial charge is 0.359 e. The monoisotopic (exact) mass is 424 g/mol. The van der Waals surface area contributed by atoms with Crippen LogP contribution in [0, 0.1) is 0 Å². The Bertz CT molecular complexity index is 957. The van der Waals surface area contributed by atoms with Crippen molar-refractivity contribution in [1.29, 1.82) is 0 Å². The number of nitrogens with one attached hydrogen (secondary N) is 1. The number of piperidine rings is 1.